The molecule has 0 bridgehead atoms. The van der Waals surface area contributed by atoms with Crippen LogP contribution in [0.25, 0.3) is 10.8 Å². The first-order valence-electron chi connectivity index (χ1n) is 11.1. The number of carbonyl (C=O) groups is 2. The number of nitrogens with zero attached hydrogens (tertiary/aromatic N) is 2. The Morgan fingerprint density at radius 1 is 0.946 bits per heavy atom. The van der Waals surface area contributed by atoms with Crippen LogP contribution in [0.1, 0.15) is 15.9 Å². The van der Waals surface area contributed by atoms with E-state index in [2.05, 4.69) is 15.8 Å². The summed E-state index contributed by atoms with van der Waals surface area (Å²) in [6, 6.07) is 23.6. The standard InChI is InChI=1S/C27H22N4O6/c1-36-25-14-18(6-13-24(25)37-27(33)20-8-11-23(12-9-20)31(34)35)16-29-30-26(32)17-28-22-10-7-19-4-2-3-5-21(19)15-22/h2-16,28H,17H2,1H3,(H,30,32)/b29-16-. The highest BCUT2D eigenvalue weighted by Crippen LogP contribution is 2.28. The molecule has 4 aromatic rings. The largest absolute Gasteiger partial charge is 0.493 e. The lowest BCUT2D eigenvalue weighted by molar-refractivity contribution is -0.384. The zero-order valence-corrected chi connectivity index (χ0v) is 19.7. The molecule has 37 heavy (non-hydrogen) atoms. The minimum atomic E-state index is -0.694. The van der Waals surface area contributed by atoms with Gasteiger partial charge in [-0.15, -0.1) is 0 Å². The molecule has 0 radical (unpaired) electrons. The summed E-state index contributed by atoms with van der Waals surface area (Å²) in [6.07, 6.45) is 1.43. The molecule has 0 aliphatic carbocycles. The molecule has 1 amide bonds. The van der Waals surface area contributed by atoms with Crippen LogP contribution < -0.4 is 20.2 Å². The molecule has 0 aromatic heterocycles. The molecule has 186 valence electrons. The number of nitrogens with one attached hydrogen (secondary N) is 2. The Morgan fingerprint density at radius 2 is 1.70 bits per heavy atom. The molecule has 0 fully saturated rings. The summed E-state index contributed by atoms with van der Waals surface area (Å²) in [4.78, 5) is 34.8. The highest BCUT2D eigenvalue weighted by molar-refractivity contribution is 5.92. The van der Waals surface area contributed by atoms with Crippen LogP contribution >= 0.6 is 0 Å². The van der Waals surface area contributed by atoms with Crippen LogP contribution in [0.2, 0.25) is 0 Å². The number of ether oxygens (including phenoxy) is 2. The van der Waals surface area contributed by atoms with Gasteiger partial charge >= 0.3 is 5.97 Å². The number of fused-ring (bicyclic) bond motifs is 1. The van der Waals surface area contributed by atoms with Crippen molar-refractivity contribution >= 4 is 40.2 Å². The van der Waals surface area contributed by atoms with Gasteiger partial charge in [-0.3, -0.25) is 14.9 Å². The lowest BCUT2D eigenvalue weighted by Crippen LogP contribution is -2.25. The maximum atomic E-state index is 12.4. The van der Waals surface area contributed by atoms with Gasteiger partial charge in [0.25, 0.3) is 11.6 Å². The van der Waals surface area contributed by atoms with E-state index in [9.17, 15) is 19.7 Å². The first-order chi connectivity index (χ1) is 17.9. The van der Waals surface area contributed by atoms with Crippen molar-refractivity contribution in [2.75, 3.05) is 19.0 Å². The van der Waals surface area contributed by atoms with Crippen LogP contribution in [0, 0.1) is 10.1 Å². The number of hydrogen-bond donors (Lipinski definition) is 2. The molecule has 0 heterocycles. The predicted octanol–water partition coefficient (Wildman–Crippen LogP) is 4.54. The second-order valence-electron chi connectivity index (χ2n) is 7.81. The van der Waals surface area contributed by atoms with Crippen molar-refractivity contribution in [2.24, 2.45) is 5.10 Å². The Hall–Kier alpha value is -5.25. The minimum absolute atomic E-state index is 0.0382. The predicted molar refractivity (Wildman–Crippen MR) is 139 cm³/mol. The number of esters is 1. The van der Waals surface area contributed by atoms with Crippen LogP contribution in [-0.2, 0) is 4.79 Å². The third-order valence-electron chi connectivity index (χ3n) is 5.31. The van der Waals surface area contributed by atoms with Crippen molar-refractivity contribution in [2.45, 2.75) is 0 Å². The quantitative estimate of drug-likeness (QED) is 0.114. The highest BCUT2D eigenvalue weighted by Gasteiger charge is 2.14. The summed E-state index contributed by atoms with van der Waals surface area (Å²) in [7, 11) is 1.42. The Bertz CT molecular complexity index is 1480. The smallest absolute Gasteiger partial charge is 0.343 e. The van der Waals surface area contributed by atoms with Crippen molar-refractivity contribution in [1.82, 2.24) is 5.43 Å². The summed E-state index contributed by atoms with van der Waals surface area (Å²) in [5, 5.41) is 20.0. The van der Waals surface area contributed by atoms with Crippen LogP contribution in [0.3, 0.4) is 0 Å². The molecule has 2 N–H and O–H groups in total. The number of methoxy groups -OCH3 is 1. The number of benzene rings is 4. The molecule has 10 nitrogen and oxygen atoms in total. The fraction of sp³-hybridized carbons (Fsp3) is 0.0741. The molecule has 4 aromatic carbocycles. The number of hydrazone groups is 1. The molecule has 0 saturated heterocycles. The normalized spacial score (nSPS) is 10.7. The number of non-ortho nitro benzene ring substituents is 1. The van der Waals surface area contributed by atoms with Gasteiger partial charge < -0.3 is 14.8 Å². The number of nitro benzene ring substituents is 1. The molecular weight excluding hydrogens is 476 g/mol. The van der Waals surface area contributed by atoms with Crippen LogP contribution in [0.5, 0.6) is 11.5 Å². The second kappa shape index (κ2) is 11.5. The minimum Gasteiger partial charge on any atom is -0.493 e. The van der Waals surface area contributed by atoms with Gasteiger partial charge in [-0.1, -0.05) is 30.3 Å². The second-order valence-corrected chi connectivity index (χ2v) is 7.81. The average molecular weight is 498 g/mol. The van der Waals surface area contributed by atoms with E-state index in [0.29, 0.717) is 5.56 Å². The summed E-state index contributed by atoms with van der Waals surface area (Å²) in [5.74, 6) is -0.596. The highest BCUT2D eigenvalue weighted by atomic mass is 16.6. The monoisotopic (exact) mass is 498 g/mol. The first kappa shape index (κ1) is 24.9. The van der Waals surface area contributed by atoms with Crippen molar-refractivity contribution < 1.29 is 24.0 Å². The van der Waals surface area contributed by atoms with Gasteiger partial charge in [-0.05, 0) is 58.8 Å². The molecular formula is C27H22N4O6. The molecule has 4 rings (SSSR count). The van der Waals surface area contributed by atoms with Crippen molar-refractivity contribution in [1.29, 1.82) is 0 Å². The molecule has 0 spiro atoms. The van der Waals surface area contributed by atoms with E-state index in [4.69, 9.17) is 9.47 Å². The maximum Gasteiger partial charge on any atom is 0.343 e. The van der Waals surface area contributed by atoms with E-state index in [1.165, 1.54) is 43.7 Å². The topological polar surface area (TPSA) is 132 Å². The number of hydrogen-bond acceptors (Lipinski definition) is 8. The fourth-order valence-corrected chi connectivity index (χ4v) is 3.43. The summed E-state index contributed by atoms with van der Waals surface area (Å²) < 4.78 is 10.7. The first-order valence-corrected chi connectivity index (χ1v) is 11.1. The molecule has 0 aliphatic heterocycles. The number of rotatable bonds is 9. The zero-order valence-electron chi connectivity index (χ0n) is 19.7. The van der Waals surface area contributed by atoms with Gasteiger partial charge in [0.2, 0.25) is 0 Å². The number of nitro groups is 1. The van der Waals surface area contributed by atoms with E-state index >= 15 is 0 Å². The Labute approximate surface area is 211 Å². The van der Waals surface area contributed by atoms with E-state index in [0.717, 1.165) is 16.5 Å². The summed E-state index contributed by atoms with van der Waals surface area (Å²) >= 11 is 0. The number of amides is 1. The summed E-state index contributed by atoms with van der Waals surface area (Å²) in [6.45, 7) is 0.0382. The number of anilines is 1. The van der Waals surface area contributed by atoms with Crippen molar-refractivity contribution in [3.05, 3.63) is 106 Å². The Balaban J connectivity index is 1.32. The SMILES string of the molecule is COc1cc(/C=N\NC(=O)CNc2ccc3ccccc3c2)ccc1OC(=O)c1ccc([N+](=O)[O-])cc1. The molecule has 10 heteroatoms. The van der Waals surface area contributed by atoms with Gasteiger partial charge in [0, 0.05) is 17.8 Å². The maximum absolute atomic E-state index is 12.4. The van der Waals surface area contributed by atoms with Gasteiger partial charge in [0.05, 0.1) is 30.4 Å². The molecule has 0 saturated carbocycles. The van der Waals surface area contributed by atoms with E-state index in [-0.39, 0.29) is 35.2 Å². The van der Waals surface area contributed by atoms with Crippen molar-refractivity contribution in [3.63, 3.8) is 0 Å². The van der Waals surface area contributed by atoms with Crippen LogP contribution in [0.15, 0.2) is 90.0 Å². The molecule has 0 aliphatic rings. The van der Waals surface area contributed by atoms with Gasteiger partial charge in [0.15, 0.2) is 11.5 Å². The third-order valence-corrected chi connectivity index (χ3v) is 5.31. The Kier molecular flexibility index (Phi) is 7.69. The molecule has 0 unspecified atom stereocenters. The van der Waals surface area contributed by atoms with E-state index < -0.39 is 10.9 Å². The lowest BCUT2D eigenvalue weighted by Gasteiger charge is -2.10. The van der Waals surface area contributed by atoms with Crippen LogP contribution in [-0.4, -0.2) is 36.7 Å². The van der Waals surface area contributed by atoms with Gasteiger partial charge in [-0.2, -0.15) is 5.10 Å². The summed E-state index contributed by atoms with van der Waals surface area (Å²) in [5.41, 5.74) is 3.88. The van der Waals surface area contributed by atoms with E-state index in [1.807, 2.05) is 42.5 Å². The van der Waals surface area contributed by atoms with Gasteiger partial charge in [-0.25, -0.2) is 10.2 Å². The van der Waals surface area contributed by atoms with Crippen LogP contribution in [0.4, 0.5) is 11.4 Å². The third kappa shape index (κ3) is 6.45. The molecule has 0 atom stereocenters. The van der Waals surface area contributed by atoms with Gasteiger partial charge in [0.1, 0.15) is 0 Å². The number of carbonyl (C=O) groups excluding carboxylic acids is 2. The lowest BCUT2D eigenvalue weighted by atomic mass is 10.1. The average Bonchev–Trinajstić information content (AvgIpc) is 2.92. The van der Waals surface area contributed by atoms with Crippen molar-refractivity contribution in [3.8, 4) is 11.5 Å². The zero-order chi connectivity index (χ0) is 26.2. The fourth-order valence-electron chi connectivity index (χ4n) is 3.43. The van der Waals surface area contributed by atoms with E-state index in [1.54, 1.807) is 12.1 Å². The Morgan fingerprint density at radius 3 is 2.43 bits per heavy atom.